The quantitative estimate of drug-likeness (QED) is 0.648. The molecule has 0 saturated carbocycles. The average molecular weight is 434 g/mol. The number of carbonyl (C=O) groups excluding carboxylic acids is 1. The van der Waals surface area contributed by atoms with Gasteiger partial charge < -0.3 is 4.74 Å². The van der Waals surface area contributed by atoms with Crippen LogP contribution in [-0.2, 0) is 23.0 Å². The molecule has 12 heteroatoms. The number of benzene rings is 1. The molecule has 0 aliphatic heterocycles. The van der Waals surface area contributed by atoms with Crippen molar-refractivity contribution in [2.75, 3.05) is 5.32 Å². The number of nitrogens with one attached hydrogen (secondary N) is 2. The van der Waals surface area contributed by atoms with E-state index in [9.17, 15) is 13.2 Å². The molecule has 27 heavy (non-hydrogen) atoms. The molecular formula is C15H17Cl2N5O4S. The van der Waals surface area contributed by atoms with Crippen molar-refractivity contribution in [3.63, 3.8) is 0 Å². The lowest BCUT2D eigenvalue weighted by molar-refractivity contribution is 0.256. The molecule has 2 amide bonds. The summed E-state index contributed by atoms with van der Waals surface area (Å²) in [7, 11) is -4.26. The molecule has 0 saturated heterocycles. The molecule has 1 aromatic carbocycles. The smallest absolute Gasteiger partial charge is 0.335 e. The largest absolute Gasteiger partial charge is 0.443 e. The van der Waals surface area contributed by atoms with Gasteiger partial charge in [0.15, 0.2) is 0 Å². The van der Waals surface area contributed by atoms with Crippen LogP contribution in [0.25, 0.3) is 0 Å². The number of anilines is 1. The Labute approximate surface area is 166 Å². The molecule has 0 bridgehead atoms. The van der Waals surface area contributed by atoms with E-state index in [1.807, 2.05) is 18.6 Å². The third-order valence-electron chi connectivity index (χ3n) is 3.25. The Morgan fingerprint density at radius 2 is 2.04 bits per heavy atom. The van der Waals surface area contributed by atoms with E-state index in [0.29, 0.717) is 18.8 Å². The van der Waals surface area contributed by atoms with Gasteiger partial charge >= 0.3 is 6.03 Å². The van der Waals surface area contributed by atoms with Crippen LogP contribution in [0.2, 0.25) is 0 Å². The zero-order valence-corrected chi connectivity index (χ0v) is 16.8. The third-order valence-corrected chi connectivity index (χ3v) is 5.11. The molecule has 2 aromatic rings. The Bertz CT molecular complexity index is 937. The van der Waals surface area contributed by atoms with Gasteiger partial charge in [0.1, 0.15) is 16.5 Å². The Morgan fingerprint density at radius 1 is 1.33 bits per heavy atom. The lowest BCUT2D eigenvalue weighted by Crippen LogP contribution is -2.34. The summed E-state index contributed by atoms with van der Waals surface area (Å²) in [6.07, 6.45) is 0.613. The number of halogens is 2. The fourth-order valence-electron chi connectivity index (χ4n) is 2.13. The number of aromatic nitrogens is 3. The van der Waals surface area contributed by atoms with Gasteiger partial charge in [0.2, 0.25) is 11.2 Å². The molecule has 0 fully saturated rings. The number of urea groups is 1. The number of ether oxygens (including phenoxy) is 1. The number of carbonyl (C=O) groups is 1. The van der Waals surface area contributed by atoms with Gasteiger partial charge in [0.05, 0.1) is 5.54 Å². The first-order chi connectivity index (χ1) is 12.8. The molecule has 0 spiro atoms. The van der Waals surface area contributed by atoms with E-state index < -0.39 is 16.1 Å². The van der Waals surface area contributed by atoms with Gasteiger partial charge in [-0.05, 0) is 30.7 Å². The number of aryl methyl sites for hydroxylation is 2. The van der Waals surface area contributed by atoms with Gasteiger partial charge in [0, 0.05) is 13.0 Å². The van der Waals surface area contributed by atoms with Crippen LogP contribution in [0.5, 0.6) is 5.75 Å². The molecule has 0 aliphatic carbocycles. The maximum atomic E-state index is 12.5. The molecule has 2 rings (SSSR count). The van der Waals surface area contributed by atoms with Gasteiger partial charge in [-0.3, -0.25) is 5.32 Å². The summed E-state index contributed by atoms with van der Waals surface area (Å²) >= 11 is 11.1. The number of para-hydroxylation sites is 1. The number of rotatable bonds is 7. The van der Waals surface area contributed by atoms with Crippen LogP contribution in [0.1, 0.15) is 19.7 Å². The van der Waals surface area contributed by atoms with Crippen LogP contribution >= 0.6 is 23.2 Å². The Hall–Kier alpha value is -2.30. The summed E-state index contributed by atoms with van der Waals surface area (Å²) in [6.45, 7) is 4.33. The number of hydrogen-bond donors (Lipinski definition) is 2. The van der Waals surface area contributed by atoms with Crippen LogP contribution in [-0.4, -0.2) is 29.2 Å². The van der Waals surface area contributed by atoms with Crippen molar-refractivity contribution in [2.45, 2.75) is 31.7 Å². The fraction of sp³-hybridized carbons (Fsp3) is 0.267. The van der Waals surface area contributed by atoms with Crippen molar-refractivity contribution in [3.8, 4) is 5.75 Å². The molecule has 0 unspecified atom stereocenters. The lowest BCUT2D eigenvalue weighted by atomic mass is 10.3. The molecule has 1 heterocycles. The summed E-state index contributed by atoms with van der Waals surface area (Å²) in [5.74, 6) is 0.567. The summed E-state index contributed by atoms with van der Waals surface area (Å²) < 4.78 is 33.7. The van der Waals surface area contributed by atoms with Gasteiger partial charge in [-0.15, -0.1) is 5.10 Å². The number of amides is 2. The maximum Gasteiger partial charge on any atom is 0.335 e. The highest BCUT2D eigenvalue weighted by Crippen LogP contribution is 2.26. The van der Waals surface area contributed by atoms with Gasteiger partial charge in [-0.25, -0.2) is 22.6 Å². The second-order valence-electron chi connectivity index (χ2n) is 5.04. The van der Waals surface area contributed by atoms with E-state index in [0.717, 1.165) is 5.54 Å². The molecule has 0 atom stereocenters. The van der Waals surface area contributed by atoms with Crippen molar-refractivity contribution in [1.29, 1.82) is 0 Å². The third kappa shape index (κ3) is 5.34. The summed E-state index contributed by atoms with van der Waals surface area (Å²) in [5.41, 5.74) is 0.937. The molecule has 146 valence electrons. The Balaban J connectivity index is 2.19. The predicted molar refractivity (Wildman–Crippen MR) is 101 cm³/mol. The van der Waals surface area contributed by atoms with E-state index >= 15 is 0 Å². The summed E-state index contributed by atoms with van der Waals surface area (Å²) in [6, 6.07) is 4.62. The van der Waals surface area contributed by atoms with Crippen LogP contribution in [0.15, 0.2) is 39.9 Å². The van der Waals surface area contributed by atoms with Gasteiger partial charge in [-0.1, -0.05) is 30.7 Å². The molecule has 0 aliphatic rings. The minimum Gasteiger partial charge on any atom is -0.443 e. The lowest BCUT2D eigenvalue weighted by Gasteiger charge is -2.11. The first-order valence-corrected chi connectivity index (χ1v) is 10.1. The van der Waals surface area contributed by atoms with Gasteiger partial charge in [0.25, 0.3) is 10.0 Å². The Kier molecular flexibility index (Phi) is 7.05. The molecule has 9 nitrogen and oxygen atoms in total. The molecule has 1 aromatic heterocycles. The van der Waals surface area contributed by atoms with Crippen molar-refractivity contribution >= 4 is 45.2 Å². The van der Waals surface area contributed by atoms with Crippen LogP contribution in [0, 0.1) is 0 Å². The standard InChI is InChI=1S/C15H17Cl2N5O4S/c1-3-13-18-14(20-22(13)4-2)19-15(23)21-27(24,25)11-8-6-5-7-10(11)26-12(17)9-16/h5-9H,3-4H2,1-2H3,(H2,19,20,21,23)/b12-9+. The molecule has 2 N–H and O–H groups in total. The van der Waals surface area contributed by atoms with Crippen LogP contribution in [0.4, 0.5) is 10.7 Å². The van der Waals surface area contributed by atoms with Gasteiger partial charge in [-0.2, -0.15) is 4.98 Å². The van der Waals surface area contributed by atoms with E-state index in [1.54, 1.807) is 10.7 Å². The minimum absolute atomic E-state index is 0.000877. The van der Waals surface area contributed by atoms with Crippen molar-refractivity contribution in [2.24, 2.45) is 0 Å². The van der Waals surface area contributed by atoms with E-state index in [4.69, 9.17) is 27.9 Å². The average Bonchev–Trinajstić information content (AvgIpc) is 3.03. The van der Waals surface area contributed by atoms with Crippen molar-refractivity contribution in [1.82, 2.24) is 19.5 Å². The van der Waals surface area contributed by atoms with Crippen LogP contribution in [0.3, 0.4) is 0 Å². The molecular weight excluding hydrogens is 417 g/mol. The second-order valence-corrected chi connectivity index (χ2v) is 7.28. The highest BCUT2D eigenvalue weighted by Gasteiger charge is 2.23. The normalized spacial score (nSPS) is 11.9. The first kappa shape index (κ1) is 21.0. The summed E-state index contributed by atoms with van der Waals surface area (Å²) in [5, 5.41) is 6.15. The minimum atomic E-state index is -4.26. The topological polar surface area (TPSA) is 115 Å². The summed E-state index contributed by atoms with van der Waals surface area (Å²) in [4.78, 5) is 15.9. The Morgan fingerprint density at radius 3 is 2.63 bits per heavy atom. The predicted octanol–water partition coefficient (Wildman–Crippen LogP) is 3.03. The highest BCUT2D eigenvalue weighted by atomic mass is 35.5. The zero-order chi connectivity index (χ0) is 20.0. The second kappa shape index (κ2) is 9.07. The highest BCUT2D eigenvalue weighted by molar-refractivity contribution is 7.90. The monoisotopic (exact) mass is 433 g/mol. The van der Waals surface area contributed by atoms with Crippen molar-refractivity contribution in [3.05, 3.63) is 40.8 Å². The first-order valence-electron chi connectivity index (χ1n) is 7.81. The van der Waals surface area contributed by atoms with E-state index in [1.165, 1.54) is 18.2 Å². The van der Waals surface area contributed by atoms with Crippen molar-refractivity contribution < 1.29 is 17.9 Å². The number of nitrogens with zero attached hydrogens (tertiary/aromatic N) is 3. The fourth-order valence-corrected chi connectivity index (χ4v) is 3.30. The maximum absolute atomic E-state index is 12.5. The SMILES string of the molecule is CCc1nc(NC(=O)NS(=O)(=O)c2ccccc2O/C(Cl)=C/Cl)nn1CC. The number of hydrogen-bond acceptors (Lipinski definition) is 6. The van der Waals surface area contributed by atoms with Crippen LogP contribution < -0.4 is 14.8 Å². The van der Waals surface area contributed by atoms with E-state index in [-0.39, 0.29) is 21.8 Å². The van der Waals surface area contributed by atoms with E-state index in [2.05, 4.69) is 15.4 Å². The molecule has 0 radical (unpaired) electrons. The zero-order valence-electron chi connectivity index (χ0n) is 14.4. The number of sulfonamides is 1.